The monoisotopic (exact) mass is 342 g/mol. The first-order valence-corrected chi connectivity index (χ1v) is 8.26. The van der Waals surface area contributed by atoms with Gasteiger partial charge in [-0.3, -0.25) is 9.89 Å². The number of aromatic amines is 1. The summed E-state index contributed by atoms with van der Waals surface area (Å²) in [6.07, 6.45) is 0. The maximum absolute atomic E-state index is 13.1. The van der Waals surface area contributed by atoms with E-state index in [1.54, 1.807) is 12.1 Å². The third kappa shape index (κ3) is 4.20. The first kappa shape index (κ1) is 16.2. The molecule has 2 aromatic carbocycles. The number of thioether (sulfide) groups is 1. The Kier molecular flexibility index (Phi) is 4.90. The fourth-order valence-corrected chi connectivity index (χ4v) is 2.64. The Morgan fingerprint density at radius 1 is 1.25 bits per heavy atom. The van der Waals surface area contributed by atoms with E-state index < -0.39 is 5.82 Å². The SMILES string of the molecule is Cc1ccc(-c2nc(SCC(=O)Nc3cccc(F)c3)n[nH]2)cc1. The summed E-state index contributed by atoms with van der Waals surface area (Å²) in [4.78, 5) is 16.3. The number of rotatable bonds is 5. The highest BCUT2D eigenvalue weighted by molar-refractivity contribution is 7.99. The van der Waals surface area contributed by atoms with Gasteiger partial charge in [0.05, 0.1) is 5.75 Å². The number of benzene rings is 2. The number of H-pyrrole nitrogens is 1. The molecule has 5 nitrogen and oxygen atoms in total. The molecule has 7 heteroatoms. The van der Waals surface area contributed by atoms with Crippen molar-refractivity contribution < 1.29 is 9.18 Å². The van der Waals surface area contributed by atoms with Gasteiger partial charge in [0.1, 0.15) is 5.82 Å². The minimum absolute atomic E-state index is 0.141. The molecule has 0 spiro atoms. The molecule has 0 aliphatic heterocycles. The Morgan fingerprint density at radius 2 is 2.04 bits per heavy atom. The summed E-state index contributed by atoms with van der Waals surface area (Å²) in [6.45, 7) is 2.02. The zero-order valence-corrected chi connectivity index (χ0v) is 13.7. The molecule has 0 saturated carbocycles. The van der Waals surface area contributed by atoms with Crippen molar-refractivity contribution in [3.05, 3.63) is 59.9 Å². The van der Waals surface area contributed by atoms with Crippen molar-refractivity contribution in [2.24, 2.45) is 0 Å². The number of aromatic nitrogens is 3. The van der Waals surface area contributed by atoms with Crippen LogP contribution in [-0.2, 0) is 4.79 Å². The van der Waals surface area contributed by atoms with Gasteiger partial charge >= 0.3 is 0 Å². The van der Waals surface area contributed by atoms with Crippen LogP contribution in [0.4, 0.5) is 10.1 Å². The molecule has 0 unspecified atom stereocenters. The standard InChI is InChI=1S/C17H15FN4OS/c1-11-5-7-12(8-6-11)16-20-17(22-21-16)24-10-15(23)19-14-4-2-3-13(18)9-14/h2-9H,10H2,1H3,(H,19,23)(H,20,21,22). The molecule has 24 heavy (non-hydrogen) atoms. The smallest absolute Gasteiger partial charge is 0.234 e. The van der Waals surface area contributed by atoms with E-state index in [4.69, 9.17) is 0 Å². The summed E-state index contributed by atoms with van der Waals surface area (Å²) in [5.41, 5.74) is 2.53. The van der Waals surface area contributed by atoms with Gasteiger partial charge in [-0.25, -0.2) is 9.37 Å². The molecule has 3 rings (SSSR count). The van der Waals surface area contributed by atoms with Crippen LogP contribution in [0.1, 0.15) is 5.56 Å². The van der Waals surface area contributed by atoms with Gasteiger partial charge in [0.15, 0.2) is 5.82 Å². The summed E-state index contributed by atoms with van der Waals surface area (Å²) < 4.78 is 13.1. The lowest BCUT2D eigenvalue weighted by Gasteiger charge is -2.03. The summed E-state index contributed by atoms with van der Waals surface area (Å²) >= 11 is 1.21. The van der Waals surface area contributed by atoms with E-state index in [2.05, 4.69) is 20.5 Å². The average molecular weight is 342 g/mol. The summed E-state index contributed by atoms with van der Waals surface area (Å²) in [6, 6.07) is 13.7. The number of anilines is 1. The number of hydrogen-bond acceptors (Lipinski definition) is 4. The molecule has 0 radical (unpaired) electrons. The van der Waals surface area contributed by atoms with E-state index in [0.717, 1.165) is 5.56 Å². The highest BCUT2D eigenvalue weighted by Gasteiger charge is 2.09. The van der Waals surface area contributed by atoms with Crippen molar-refractivity contribution in [2.75, 3.05) is 11.1 Å². The zero-order chi connectivity index (χ0) is 16.9. The van der Waals surface area contributed by atoms with Crippen LogP contribution in [0.25, 0.3) is 11.4 Å². The Balaban J connectivity index is 1.57. The summed E-state index contributed by atoms with van der Waals surface area (Å²) in [5.74, 6) is 0.161. The lowest BCUT2D eigenvalue weighted by molar-refractivity contribution is -0.113. The number of carbonyl (C=O) groups is 1. The van der Waals surface area contributed by atoms with E-state index in [1.807, 2.05) is 31.2 Å². The average Bonchev–Trinajstić information content (AvgIpc) is 3.03. The van der Waals surface area contributed by atoms with Crippen molar-refractivity contribution in [1.82, 2.24) is 15.2 Å². The highest BCUT2D eigenvalue weighted by atomic mass is 32.2. The lowest BCUT2D eigenvalue weighted by atomic mass is 10.1. The van der Waals surface area contributed by atoms with Crippen LogP contribution in [0.5, 0.6) is 0 Å². The fourth-order valence-electron chi connectivity index (χ4n) is 2.04. The van der Waals surface area contributed by atoms with Crippen LogP contribution in [-0.4, -0.2) is 26.8 Å². The first-order valence-electron chi connectivity index (χ1n) is 7.28. The summed E-state index contributed by atoms with van der Waals surface area (Å²) in [7, 11) is 0. The van der Waals surface area contributed by atoms with Gasteiger partial charge in [-0.15, -0.1) is 5.10 Å². The van der Waals surface area contributed by atoms with Crippen molar-refractivity contribution in [2.45, 2.75) is 12.1 Å². The number of nitrogens with zero attached hydrogens (tertiary/aromatic N) is 2. The lowest BCUT2D eigenvalue weighted by Crippen LogP contribution is -2.14. The van der Waals surface area contributed by atoms with Gasteiger partial charge in [0, 0.05) is 11.3 Å². The van der Waals surface area contributed by atoms with Crippen LogP contribution >= 0.6 is 11.8 Å². The number of carbonyl (C=O) groups excluding carboxylic acids is 1. The van der Waals surface area contributed by atoms with Crippen LogP contribution in [0.2, 0.25) is 0 Å². The second-order valence-corrected chi connectivity index (χ2v) is 6.12. The van der Waals surface area contributed by atoms with Gasteiger partial charge < -0.3 is 5.32 Å². The van der Waals surface area contributed by atoms with Gasteiger partial charge in [-0.2, -0.15) is 0 Å². The van der Waals surface area contributed by atoms with Gasteiger partial charge in [-0.1, -0.05) is 47.7 Å². The number of hydrogen-bond donors (Lipinski definition) is 2. The zero-order valence-electron chi connectivity index (χ0n) is 12.9. The molecular formula is C17H15FN4OS. The molecule has 0 fully saturated rings. The first-order chi connectivity index (χ1) is 11.6. The van der Waals surface area contributed by atoms with Crippen molar-refractivity contribution in [3.63, 3.8) is 0 Å². The van der Waals surface area contributed by atoms with E-state index >= 15 is 0 Å². The molecule has 3 aromatic rings. The van der Waals surface area contributed by atoms with E-state index in [1.165, 1.54) is 29.5 Å². The van der Waals surface area contributed by atoms with Gasteiger partial charge in [0.25, 0.3) is 0 Å². The molecule has 0 aliphatic rings. The van der Waals surface area contributed by atoms with Crippen LogP contribution in [0, 0.1) is 12.7 Å². The third-order valence-electron chi connectivity index (χ3n) is 3.23. The molecule has 0 bridgehead atoms. The number of nitrogens with one attached hydrogen (secondary N) is 2. The number of aryl methyl sites for hydroxylation is 1. The van der Waals surface area contributed by atoms with Crippen LogP contribution in [0.15, 0.2) is 53.7 Å². The molecule has 2 N–H and O–H groups in total. The van der Waals surface area contributed by atoms with E-state index in [9.17, 15) is 9.18 Å². The van der Waals surface area contributed by atoms with Crippen molar-refractivity contribution in [3.8, 4) is 11.4 Å². The molecule has 0 saturated heterocycles. The van der Waals surface area contributed by atoms with Crippen molar-refractivity contribution >= 4 is 23.4 Å². The number of halogens is 1. The predicted octanol–water partition coefficient (Wildman–Crippen LogP) is 3.65. The molecule has 1 amide bonds. The van der Waals surface area contributed by atoms with Crippen LogP contribution in [0.3, 0.4) is 0 Å². The second kappa shape index (κ2) is 7.27. The minimum Gasteiger partial charge on any atom is -0.325 e. The Bertz CT molecular complexity index is 848. The van der Waals surface area contributed by atoms with Crippen LogP contribution < -0.4 is 5.32 Å². The van der Waals surface area contributed by atoms with Gasteiger partial charge in [0.2, 0.25) is 11.1 Å². The molecule has 1 aromatic heterocycles. The largest absolute Gasteiger partial charge is 0.325 e. The van der Waals surface area contributed by atoms with E-state index in [-0.39, 0.29) is 11.7 Å². The quantitative estimate of drug-likeness (QED) is 0.694. The Hall–Kier alpha value is -2.67. The Labute approximate surface area is 142 Å². The maximum Gasteiger partial charge on any atom is 0.234 e. The highest BCUT2D eigenvalue weighted by Crippen LogP contribution is 2.20. The topological polar surface area (TPSA) is 70.7 Å². The fraction of sp³-hybridized carbons (Fsp3) is 0.118. The predicted molar refractivity (Wildman–Crippen MR) is 92.3 cm³/mol. The molecule has 1 heterocycles. The molecular weight excluding hydrogens is 327 g/mol. The maximum atomic E-state index is 13.1. The summed E-state index contributed by atoms with van der Waals surface area (Å²) in [5, 5.41) is 10.1. The second-order valence-electron chi connectivity index (χ2n) is 5.18. The molecule has 0 aliphatic carbocycles. The normalized spacial score (nSPS) is 10.6. The number of amides is 1. The van der Waals surface area contributed by atoms with Crippen molar-refractivity contribution in [1.29, 1.82) is 0 Å². The molecule has 0 atom stereocenters. The molecule has 122 valence electrons. The van der Waals surface area contributed by atoms with E-state index in [0.29, 0.717) is 16.7 Å². The minimum atomic E-state index is -0.392. The third-order valence-corrected chi connectivity index (χ3v) is 4.08. The van der Waals surface area contributed by atoms with Gasteiger partial charge in [-0.05, 0) is 25.1 Å². The Morgan fingerprint density at radius 3 is 2.79 bits per heavy atom.